The van der Waals surface area contributed by atoms with Gasteiger partial charge in [-0.05, 0) is 48.1 Å². The normalized spacial score (nSPS) is 12.2. The Hall–Kier alpha value is -2.86. The fraction of sp³-hybridized carbons (Fsp3) is 0.241. The fourth-order valence-electron chi connectivity index (χ4n) is 4.56. The number of benzene rings is 3. The maximum Gasteiger partial charge on any atom is 0.488 e. The summed E-state index contributed by atoms with van der Waals surface area (Å²) in [5, 5.41) is 23.1. The van der Waals surface area contributed by atoms with Gasteiger partial charge in [0.1, 0.15) is 0 Å². The molecule has 0 bridgehead atoms. The fourth-order valence-corrected chi connectivity index (χ4v) is 5.92. The molecule has 0 atom stereocenters. The summed E-state index contributed by atoms with van der Waals surface area (Å²) in [4.78, 5) is 1.47. The molecule has 3 nitrogen and oxygen atoms in total. The molecule has 1 aliphatic carbocycles. The first-order chi connectivity index (χ1) is 16.6. The van der Waals surface area contributed by atoms with Crippen LogP contribution in [-0.4, -0.2) is 21.7 Å². The molecule has 0 saturated carbocycles. The van der Waals surface area contributed by atoms with Gasteiger partial charge in [-0.3, -0.25) is 0 Å². The molecule has 1 aliphatic rings. The quantitative estimate of drug-likeness (QED) is 0.271. The summed E-state index contributed by atoms with van der Waals surface area (Å²) in [6, 6.07) is 20.4. The van der Waals surface area contributed by atoms with Gasteiger partial charge < -0.3 is 14.6 Å². The molecule has 2 aromatic heterocycles. The molecule has 0 saturated heterocycles. The Labute approximate surface area is 206 Å². The number of para-hydroxylation sites is 1. The third kappa shape index (κ3) is 4.20. The molecule has 0 radical (unpaired) electrons. The standard InChI is InChI=1S/C24H18BNO2S.C3H8.C2H6/c27-25(28)15-6-5-7-16(14-15)26-20-10-3-1-9-19(20)23-21(26)13-12-18-17-8-2-4-11-22(17)29-24(18)23;1-3-2;1-2/h1-3,5-10,12-14,27-28H,4,11H2;3H2,1-2H3;1-2H3. The van der Waals surface area contributed by atoms with E-state index in [0.29, 0.717) is 5.46 Å². The van der Waals surface area contributed by atoms with E-state index >= 15 is 0 Å². The smallest absolute Gasteiger partial charge is 0.423 e. The zero-order chi connectivity index (χ0) is 24.2. The van der Waals surface area contributed by atoms with Crippen molar-refractivity contribution in [1.29, 1.82) is 0 Å². The average molecular weight is 469 g/mol. The second-order valence-corrected chi connectivity index (χ2v) is 9.35. The molecule has 0 unspecified atom stereocenters. The highest BCUT2D eigenvalue weighted by Gasteiger charge is 2.20. The Morgan fingerprint density at radius 1 is 0.912 bits per heavy atom. The monoisotopic (exact) mass is 469 g/mol. The van der Waals surface area contributed by atoms with Crippen molar-refractivity contribution < 1.29 is 10.0 Å². The number of hydrogen-bond donors (Lipinski definition) is 2. The summed E-state index contributed by atoms with van der Waals surface area (Å²) in [5.74, 6) is 0. The molecule has 0 aliphatic heterocycles. The predicted octanol–water partition coefficient (Wildman–Crippen LogP) is 7.08. The number of aromatic nitrogens is 1. The lowest BCUT2D eigenvalue weighted by Gasteiger charge is -2.10. The van der Waals surface area contributed by atoms with Crippen LogP contribution in [0, 0.1) is 0 Å². The van der Waals surface area contributed by atoms with Crippen molar-refractivity contribution in [3.05, 3.63) is 77.2 Å². The number of allylic oxidation sites excluding steroid dienone is 1. The number of nitrogens with zero attached hydrogens (tertiary/aromatic N) is 1. The Balaban J connectivity index is 0.000000510. The highest BCUT2D eigenvalue weighted by Crippen LogP contribution is 2.43. The van der Waals surface area contributed by atoms with E-state index in [2.05, 4.69) is 67.0 Å². The van der Waals surface area contributed by atoms with Gasteiger partial charge in [0.2, 0.25) is 0 Å². The second-order valence-electron chi connectivity index (χ2n) is 8.24. The Morgan fingerprint density at radius 3 is 2.44 bits per heavy atom. The predicted molar refractivity (Wildman–Crippen MR) is 151 cm³/mol. The zero-order valence-corrected chi connectivity index (χ0v) is 21.2. The van der Waals surface area contributed by atoms with Crippen molar-refractivity contribution >= 4 is 61.9 Å². The summed E-state index contributed by atoms with van der Waals surface area (Å²) in [7, 11) is -1.48. The third-order valence-electron chi connectivity index (χ3n) is 5.86. The first-order valence-electron chi connectivity index (χ1n) is 12.2. The van der Waals surface area contributed by atoms with Crippen molar-refractivity contribution in [3.8, 4) is 5.69 Å². The van der Waals surface area contributed by atoms with Gasteiger partial charge in [0.05, 0.1) is 11.0 Å². The van der Waals surface area contributed by atoms with E-state index in [-0.39, 0.29) is 0 Å². The lowest BCUT2D eigenvalue weighted by molar-refractivity contribution is 0.426. The third-order valence-corrected chi connectivity index (χ3v) is 7.15. The number of thiophene rings is 1. The molecule has 2 N–H and O–H groups in total. The van der Waals surface area contributed by atoms with Crippen LogP contribution in [0.1, 0.15) is 51.0 Å². The molecule has 3 aromatic carbocycles. The van der Waals surface area contributed by atoms with Crippen LogP contribution in [0.2, 0.25) is 0 Å². The Bertz CT molecular complexity index is 1460. The zero-order valence-electron chi connectivity index (χ0n) is 20.4. The van der Waals surface area contributed by atoms with E-state index in [0.717, 1.165) is 29.6 Å². The van der Waals surface area contributed by atoms with Crippen molar-refractivity contribution in [2.24, 2.45) is 0 Å². The van der Waals surface area contributed by atoms with Crippen molar-refractivity contribution in [2.75, 3.05) is 0 Å². The topological polar surface area (TPSA) is 45.4 Å². The molecule has 0 fully saturated rings. The number of hydrogen-bond acceptors (Lipinski definition) is 3. The minimum absolute atomic E-state index is 0.492. The molecular weight excluding hydrogens is 437 g/mol. The molecule has 34 heavy (non-hydrogen) atoms. The van der Waals surface area contributed by atoms with Gasteiger partial charge in [-0.15, -0.1) is 11.3 Å². The van der Waals surface area contributed by atoms with E-state index in [1.165, 1.54) is 37.7 Å². The minimum atomic E-state index is -1.48. The van der Waals surface area contributed by atoms with Gasteiger partial charge in [0.15, 0.2) is 0 Å². The van der Waals surface area contributed by atoms with E-state index in [1.54, 1.807) is 6.07 Å². The molecule has 5 heteroatoms. The molecule has 0 amide bonds. The van der Waals surface area contributed by atoms with Gasteiger partial charge >= 0.3 is 7.12 Å². The molecule has 2 heterocycles. The maximum atomic E-state index is 9.65. The largest absolute Gasteiger partial charge is 0.488 e. The molecule has 5 aromatic rings. The van der Waals surface area contributed by atoms with E-state index in [4.69, 9.17) is 0 Å². The lowest BCUT2D eigenvalue weighted by Crippen LogP contribution is -2.29. The van der Waals surface area contributed by atoms with Crippen molar-refractivity contribution in [3.63, 3.8) is 0 Å². The van der Waals surface area contributed by atoms with Crippen LogP contribution < -0.4 is 5.46 Å². The van der Waals surface area contributed by atoms with Crippen LogP contribution in [0.3, 0.4) is 0 Å². The minimum Gasteiger partial charge on any atom is -0.423 e. The summed E-state index contributed by atoms with van der Waals surface area (Å²) < 4.78 is 3.57. The molecular formula is C29H32BNO2S. The van der Waals surface area contributed by atoms with Gasteiger partial charge in [-0.25, -0.2) is 0 Å². The highest BCUT2D eigenvalue weighted by atomic mass is 32.1. The summed E-state index contributed by atoms with van der Waals surface area (Å²) in [6.45, 7) is 8.25. The van der Waals surface area contributed by atoms with Gasteiger partial charge in [-0.2, -0.15) is 0 Å². The Kier molecular flexibility index (Phi) is 7.57. The first-order valence-corrected chi connectivity index (χ1v) is 13.1. The molecule has 174 valence electrons. The maximum absolute atomic E-state index is 9.65. The van der Waals surface area contributed by atoms with Crippen LogP contribution in [0.15, 0.2) is 66.7 Å². The lowest BCUT2D eigenvalue weighted by atomic mass is 9.80. The number of aryl methyl sites for hydroxylation is 1. The van der Waals surface area contributed by atoms with Crippen molar-refractivity contribution in [1.82, 2.24) is 4.57 Å². The first kappa shape index (κ1) is 24.3. The van der Waals surface area contributed by atoms with Crippen LogP contribution >= 0.6 is 11.3 Å². The summed E-state index contributed by atoms with van der Waals surface area (Å²) in [5.41, 5.74) is 5.07. The summed E-state index contributed by atoms with van der Waals surface area (Å²) in [6.07, 6.45) is 8.02. The van der Waals surface area contributed by atoms with Crippen LogP contribution in [0.5, 0.6) is 0 Å². The SMILES string of the molecule is CC.CCC.OB(O)c1cccc(-n2c3ccccc3c3c4sc5c(c4ccc32)C=CCC5)c1. The average Bonchev–Trinajstić information content (AvgIpc) is 3.41. The molecule has 0 spiro atoms. The van der Waals surface area contributed by atoms with Crippen LogP contribution in [-0.2, 0) is 6.42 Å². The second kappa shape index (κ2) is 10.6. The number of rotatable bonds is 2. The Morgan fingerprint density at radius 2 is 1.68 bits per heavy atom. The van der Waals surface area contributed by atoms with E-state index < -0.39 is 7.12 Å². The van der Waals surface area contributed by atoms with Gasteiger partial charge in [0.25, 0.3) is 0 Å². The van der Waals surface area contributed by atoms with Crippen LogP contribution in [0.4, 0.5) is 0 Å². The van der Waals surface area contributed by atoms with Crippen molar-refractivity contribution in [2.45, 2.75) is 47.0 Å². The highest BCUT2D eigenvalue weighted by molar-refractivity contribution is 7.20. The van der Waals surface area contributed by atoms with Crippen LogP contribution in [0.25, 0.3) is 43.7 Å². The van der Waals surface area contributed by atoms with E-state index in [9.17, 15) is 10.0 Å². The summed E-state index contributed by atoms with van der Waals surface area (Å²) >= 11 is 1.92. The van der Waals surface area contributed by atoms with E-state index in [1.807, 2.05) is 43.4 Å². The number of fused-ring (bicyclic) bond motifs is 7. The molecule has 6 rings (SSSR count). The van der Waals surface area contributed by atoms with Gasteiger partial charge in [0, 0.05) is 31.4 Å². The van der Waals surface area contributed by atoms with Gasteiger partial charge in [-0.1, -0.05) is 82.7 Å².